The third-order valence-corrected chi connectivity index (χ3v) is 2.66. The highest BCUT2D eigenvalue weighted by molar-refractivity contribution is 6.30. The fourth-order valence-corrected chi connectivity index (χ4v) is 1.68. The first-order chi connectivity index (χ1) is 8.88. The SMILES string of the molecule is CC(C)C[C@H](NC(=O)Nc1ccc(Cl)cc1)C(=O)O. The first-order valence-corrected chi connectivity index (χ1v) is 6.32. The molecule has 0 spiro atoms. The Labute approximate surface area is 117 Å². The van der Waals surface area contributed by atoms with Gasteiger partial charge in [0.25, 0.3) is 0 Å². The zero-order valence-electron chi connectivity index (χ0n) is 10.8. The smallest absolute Gasteiger partial charge is 0.326 e. The van der Waals surface area contributed by atoms with Gasteiger partial charge >= 0.3 is 12.0 Å². The number of aliphatic carboxylic acids is 1. The van der Waals surface area contributed by atoms with Gasteiger partial charge in [-0.05, 0) is 36.6 Å². The fourth-order valence-electron chi connectivity index (χ4n) is 1.55. The first kappa shape index (κ1) is 15.3. The predicted molar refractivity (Wildman–Crippen MR) is 74.5 cm³/mol. The van der Waals surface area contributed by atoms with Crippen LogP contribution < -0.4 is 10.6 Å². The van der Waals surface area contributed by atoms with Crippen LogP contribution in [0.1, 0.15) is 20.3 Å². The van der Waals surface area contributed by atoms with Crippen LogP contribution in [0.5, 0.6) is 0 Å². The molecule has 2 amide bonds. The molecular formula is C13H17ClN2O3. The van der Waals surface area contributed by atoms with Gasteiger partial charge in [0.2, 0.25) is 0 Å². The number of urea groups is 1. The number of carboxylic acid groups (broad SMARTS) is 1. The highest BCUT2D eigenvalue weighted by Gasteiger charge is 2.20. The van der Waals surface area contributed by atoms with Gasteiger partial charge in [-0.3, -0.25) is 0 Å². The number of hydrogen-bond acceptors (Lipinski definition) is 2. The van der Waals surface area contributed by atoms with E-state index in [1.165, 1.54) is 0 Å². The van der Waals surface area contributed by atoms with E-state index in [-0.39, 0.29) is 5.92 Å². The summed E-state index contributed by atoms with van der Waals surface area (Å²) >= 11 is 5.73. The number of amides is 2. The van der Waals surface area contributed by atoms with E-state index in [1.54, 1.807) is 24.3 Å². The molecule has 0 aliphatic carbocycles. The quantitative estimate of drug-likeness (QED) is 0.778. The zero-order chi connectivity index (χ0) is 14.4. The number of hydrogen-bond donors (Lipinski definition) is 3. The minimum atomic E-state index is -1.04. The van der Waals surface area contributed by atoms with E-state index in [9.17, 15) is 9.59 Å². The summed E-state index contributed by atoms with van der Waals surface area (Å²) in [6, 6.07) is 5.11. The molecule has 1 aromatic rings. The summed E-state index contributed by atoms with van der Waals surface area (Å²) in [4.78, 5) is 22.7. The highest BCUT2D eigenvalue weighted by Crippen LogP contribution is 2.13. The van der Waals surface area contributed by atoms with Crippen LogP contribution in [0.15, 0.2) is 24.3 Å². The van der Waals surface area contributed by atoms with Gasteiger partial charge in [-0.15, -0.1) is 0 Å². The second kappa shape index (κ2) is 6.99. The van der Waals surface area contributed by atoms with Crippen molar-refractivity contribution in [2.75, 3.05) is 5.32 Å². The van der Waals surface area contributed by atoms with Gasteiger partial charge in [-0.1, -0.05) is 25.4 Å². The Kier molecular flexibility index (Phi) is 5.63. The van der Waals surface area contributed by atoms with Crippen molar-refractivity contribution in [2.45, 2.75) is 26.3 Å². The Morgan fingerprint density at radius 2 is 1.84 bits per heavy atom. The molecule has 1 aromatic carbocycles. The Hall–Kier alpha value is -1.75. The van der Waals surface area contributed by atoms with E-state index in [0.29, 0.717) is 17.1 Å². The minimum absolute atomic E-state index is 0.178. The van der Waals surface area contributed by atoms with E-state index in [4.69, 9.17) is 16.7 Å². The topological polar surface area (TPSA) is 78.4 Å². The van der Waals surface area contributed by atoms with E-state index < -0.39 is 18.0 Å². The molecule has 104 valence electrons. The third kappa shape index (κ3) is 5.61. The van der Waals surface area contributed by atoms with Crippen LogP contribution in [0, 0.1) is 5.92 Å². The van der Waals surface area contributed by atoms with Crippen molar-refractivity contribution in [1.82, 2.24) is 5.32 Å². The van der Waals surface area contributed by atoms with Crippen LogP contribution in [0.25, 0.3) is 0 Å². The number of carbonyl (C=O) groups is 2. The maximum Gasteiger partial charge on any atom is 0.326 e. The number of benzene rings is 1. The Morgan fingerprint density at radius 3 is 2.32 bits per heavy atom. The van der Waals surface area contributed by atoms with Crippen molar-refractivity contribution in [3.8, 4) is 0 Å². The summed E-state index contributed by atoms with van der Waals surface area (Å²) < 4.78 is 0. The number of halogens is 1. The highest BCUT2D eigenvalue weighted by atomic mass is 35.5. The van der Waals surface area contributed by atoms with Crippen LogP contribution in [0.2, 0.25) is 5.02 Å². The number of nitrogens with one attached hydrogen (secondary N) is 2. The molecule has 0 aliphatic heterocycles. The lowest BCUT2D eigenvalue weighted by atomic mass is 10.0. The zero-order valence-corrected chi connectivity index (χ0v) is 11.6. The number of rotatable bonds is 5. The van der Waals surface area contributed by atoms with Crippen molar-refractivity contribution in [3.05, 3.63) is 29.3 Å². The second-order valence-corrected chi connectivity index (χ2v) is 5.06. The van der Waals surface area contributed by atoms with E-state index in [2.05, 4.69) is 10.6 Å². The van der Waals surface area contributed by atoms with Gasteiger partial charge in [-0.2, -0.15) is 0 Å². The molecule has 0 aromatic heterocycles. The summed E-state index contributed by atoms with van der Waals surface area (Å²) in [5.74, 6) is -0.864. The average molecular weight is 285 g/mol. The Balaban J connectivity index is 2.57. The van der Waals surface area contributed by atoms with Crippen molar-refractivity contribution < 1.29 is 14.7 Å². The largest absolute Gasteiger partial charge is 0.480 e. The molecule has 1 atom stereocenters. The lowest BCUT2D eigenvalue weighted by molar-refractivity contribution is -0.139. The maximum absolute atomic E-state index is 11.7. The molecule has 6 heteroatoms. The monoisotopic (exact) mass is 284 g/mol. The summed E-state index contributed by atoms with van der Waals surface area (Å²) in [6.07, 6.45) is 0.378. The summed E-state index contributed by atoms with van der Waals surface area (Å²) in [5, 5.41) is 14.6. The van der Waals surface area contributed by atoms with Crippen molar-refractivity contribution in [1.29, 1.82) is 0 Å². The van der Waals surface area contributed by atoms with Crippen molar-refractivity contribution in [2.24, 2.45) is 5.92 Å². The van der Waals surface area contributed by atoms with E-state index in [0.717, 1.165) is 0 Å². The summed E-state index contributed by atoms with van der Waals surface area (Å²) in [5.41, 5.74) is 0.551. The molecule has 0 heterocycles. The van der Waals surface area contributed by atoms with E-state index >= 15 is 0 Å². The molecular weight excluding hydrogens is 268 g/mol. The molecule has 0 radical (unpaired) electrons. The predicted octanol–water partition coefficient (Wildman–Crippen LogP) is 2.96. The van der Waals surface area contributed by atoms with Gasteiger partial charge in [0.1, 0.15) is 6.04 Å². The lowest BCUT2D eigenvalue weighted by Crippen LogP contribution is -2.43. The number of anilines is 1. The Bertz CT molecular complexity index is 446. The lowest BCUT2D eigenvalue weighted by Gasteiger charge is -2.16. The van der Waals surface area contributed by atoms with E-state index in [1.807, 2.05) is 13.8 Å². The van der Waals surface area contributed by atoms with Crippen LogP contribution >= 0.6 is 11.6 Å². The van der Waals surface area contributed by atoms with Crippen molar-refractivity contribution in [3.63, 3.8) is 0 Å². The third-order valence-electron chi connectivity index (χ3n) is 2.41. The van der Waals surface area contributed by atoms with Gasteiger partial charge in [0.05, 0.1) is 0 Å². The second-order valence-electron chi connectivity index (χ2n) is 4.63. The molecule has 0 saturated carbocycles. The maximum atomic E-state index is 11.7. The van der Waals surface area contributed by atoms with Gasteiger partial charge in [0, 0.05) is 10.7 Å². The molecule has 3 N–H and O–H groups in total. The van der Waals surface area contributed by atoms with Crippen molar-refractivity contribution >= 4 is 29.3 Å². The normalized spacial score (nSPS) is 12.0. The summed E-state index contributed by atoms with van der Waals surface area (Å²) in [6.45, 7) is 3.80. The standard InChI is InChI=1S/C13H17ClN2O3/c1-8(2)7-11(12(17)18)16-13(19)15-10-5-3-9(14)4-6-10/h3-6,8,11H,7H2,1-2H3,(H,17,18)(H2,15,16,19)/t11-/m0/s1. The molecule has 0 fully saturated rings. The fraction of sp³-hybridized carbons (Fsp3) is 0.385. The van der Waals surface area contributed by atoms with Crippen LogP contribution in [-0.2, 0) is 4.79 Å². The molecule has 19 heavy (non-hydrogen) atoms. The molecule has 0 bridgehead atoms. The minimum Gasteiger partial charge on any atom is -0.480 e. The molecule has 0 aliphatic rings. The number of carbonyl (C=O) groups excluding carboxylic acids is 1. The van der Waals surface area contributed by atoms with Crippen LogP contribution in [0.4, 0.5) is 10.5 Å². The summed E-state index contributed by atoms with van der Waals surface area (Å²) in [7, 11) is 0. The molecule has 0 saturated heterocycles. The van der Waals surface area contributed by atoms with Gasteiger partial charge < -0.3 is 15.7 Å². The first-order valence-electron chi connectivity index (χ1n) is 5.94. The Morgan fingerprint density at radius 1 is 1.26 bits per heavy atom. The molecule has 1 rings (SSSR count). The van der Waals surface area contributed by atoms with Crippen LogP contribution in [-0.4, -0.2) is 23.1 Å². The molecule has 5 nitrogen and oxygen atoms in total. The average Bonchev–Trinajstić information content (AvgIpc) is 2.30. The number of carboxylic acids is 1. The van der Waals surface area contributed by atoms with Crippen LogP contribution in [0.3, 0.4) is 0 Å². The van der Waals surface area contributed by atoms with Gasteiger partial charge in [0.15, 0.2) is 0 Å². The molecule has 0 unspecified atom stereocenters. The van der Waals surface area contributed by atoms with Gasteiger partial charge in [-0.25, -0.2) is 9.59 Å².